The van der Waals surface area contributed by atoms with Gasteiger partial charge in [0.1, 0.15) is 0 Å². The van der Waals surface area contributed by atoms with Crippen LogP contribution in [0, 0.1) is 5.92 Å². The summed E-state index contributed by atoms with van der Waals surface area (Å²) in [6.45, 7) is 1.23. The van der Waals surface area contributed by atoms with Crippen LogP contribution in [-0.2, 0) is 12.6 Å². The molecule has 0 bridgehead atoms. The van der Waals surface area contributed by atoms with Crippen LogP contribution < -0.4 is 5.56 Å². The predicted molar refractivity (Wildman–Crippen MR) is 95.5 cm³/mol. The summed E-state index contributed by atoms with van der Waals surface area (Å²) in [7, 11) is 0. The smallest absolute Gasteiger partial charge is 0.338 e. The maximum atomic E-state index is 12.8. The molecule has 0 spiro atoms. The van der Waals surface area contributed by atoms with Crippen LogP contribution in [0.3, 0.4) is 0 Å². The molecule has 1 aromatic carbocycles. The Hall–Kier alpha value is -2.57. The first-order valence-electron chi connectivity index (χ1n) is 8.97. The monoisotopic (exact) mass is 378 g/mol. The van der Waals surface area contributed by atoms with Gasteiger partial charge >= 0.3 is 6.18 Å². The van der Waals surface area contributed by atoms with Gasteiger partial charge in [-0.05, 0) is 49.3 Å². The molecule has 1 fully saturated rings. The third-order valence-electron chi connectivity index (χ3n) is 4.93. The second-order valence-corrected chi connectivity index (χ2v) is 6.94. The Morgan fingerprint density at radius 3 is 2.74 bits per heavy atom. The Labute approximate surface area is 155 Å². The highest BCUT2D eigenvalue weighted by atomic mass is 19.4. The molecule has 1 atom stereocenters. The minimum absolute atomic E-state index is 0.130. The van der Waals surface area contributed by atoms with E-state index < -0.39 is 11.7 Å². The van der Waals surface area contributed by atoms with Gasteiger partial charge in [-0.1, -0.05) is 18.2 Å². The number of hydrogen-bond donors (Lipinski definition) is 1. The number of piperidine rings is 1. The van der Waals surface area contributed by atoms with Crippen LogP contribution in [0.5, 0.6) is 0 Å². The summed E-state index contributed by atoms with van der Waals surface area (Å²) in [6, 6.07) is 8.25. The molecular formula is C20H21F3N2O2. The fourth-order valence-electron chi connectivity index (χ4n) is 3.49. The van der Waals surface area contributed by atoms with Crippen molar-refractivity contribution in [2.45, 2.75) is 31.9 Å². The summed E-state index contributed by atoms with van der Waals surface area (Å²) in [6.07, 6.45) is 0.181. The zero-order chi connectivity index (χ0) is 19.4. The molecule has 0 aliphatic carbocycles. The lowest BCUT2D eigenvalue weighted by Crippen LogP contribution is -2.40. The van der Waals surface area contributed by atoms with Gasteiger partial charge in [-0.2, -0.15) is 13.2 Å². The number of nitrogens with zero attached hydrogens (tertiary/aromatic N) is 1. The molecule has 1 aromatic heterocycles. The van der Waals surface area contributed by atoms with Crippen LogP contribution in [0.15, 0.2) is 47.4 Å². The lowest BCUT2D eigenvalue weighted by Gasteiger charge is -2.33. The number of pyridine rings is 1. The molecule has 2 heterocycles. The zero-order valence-corrected chi connectivity index (χ0v) is 14.8. The number of aryl methyl sites for hydroxylation is 1. The van der Waals surface area contributed by atoms with Gasteiger partial charge < -0.3 is 9.88 Å². The zero-order valence-electron chi connectivity index (χ0n) is 14.8. The maximum absolute atomic E-state index is 12.8. The molecule has 3 rings (SSSR count). The van der Waals surface area contributed by atoms with Gasteiger partial charge in [0, 0.05) is 25.4 Å². The summed E-state index contributed by atoms with van der Waals surface area (Å²) in [4.78, 5) is 28.0. The van der Waals surface area contributed by atoms with E-state index in [1.807, 2.05) is 0 Å². The number of amides is 1. The Morgan fingerprint density at radius 2 is 2.04 bits per heavy atom. The number of likely N-dealkylation sites (tertiary alicyclic amines) is 1. The summed E-state index contributed by atoms with van der Waals surface area (Å²) in [5.74, 6) is 0.120. The minimum Gasteiger partial charge on any atom is -0.338 e. The summed E-state index contributed by atoms with van der Waals surface area (Å²) < 4.78 is 38.5. The SMILES string of the molecule is O=C(c1ccc(=O)[nH]c1)N1CCCC(CCc2cccc(C(F)(F)F)c2)C1. The Kier molecular flexibility index (Phi) is 5.68. The molecule has 1 amide bonds. The van der Waals surface area contributed by atoms with E-state index in [1.165, 1.54) is 30.5 Å². The molecule has 0 radical (unpaired) electrons. The number of aromatic amines is 1. The average Bonchev–Trinajstić information content (AvgIpc) is 2.66. The second kappa shape index (κ2) is 7.98. The van der Waals surface area contributed by atoms with Crippen molar-refractivity contribution in [1.29, 1.82) is 0 Å². The number of carbonyl (C=O) groups excluding carboxylic acids is 1. The van der Waals surface area contributed by atoms with Crippen molar-refractivity contribution in [1.82, 2.24) is 9.88 Å². The first-order valence-corrected chi connectivity index (χ1v) is 8.97. The topological polar surface area (TPSA) is 53.2 Å². The van der Waals surface area contributed by atoms with Gasteiger partial charge in [0.05, 0.1) is 11.1 Å². The Morgan fingerprint density at radius 1 is 1.22 bits per heavy atom. The van der Waals surface area contributed by atoms with E-state index in [9.17, 15) is 22.8 Å². The molecule has 1 aliphatic rings. The maximum Gasteiger partial charge on any atom is 0.416 e. The molecule has 1 unspecified atom stereocenters. The number of carbonyl (C=O) groups is 1. The number of alkyl halides is 3. The van der Waals surface area contributed by atoms with Crippen LogP contribution >= 0.6 is 0 Å². The first kappa shape index (κ1) is 19.2. The quantitative estimate of drug-likeness (QED) is 0.878. The van der Waals surface area contributed by atoms with Crippen molar-refractivity contribution >= 4 is 5.91 Å². The van der Waals surface area contributed by atoms with Crippen LogP contribution in [0.2, 0.25) is 0 Å². The van der Waals surface area contributed by atoms with Gasteiger partial charge in [0.2, 0.25) is 5.56 Å². The van der Waals surface area contributed by atoms with Gasteiger partial charge in [0.25, 0.3) is 5.91 Å². The first-order chi connectivity index (χ1) is 12.8. The van der Waals surface area contributed by atoms with Crippen LogP contribution in [0.4, 0.5) is 13.2 Å². The van der Waals surface area contributed by atoms with E-state index >= 15 is 0 Å². The molecule has 4 nitrogen and oxygen atoms in total. The summed E-state index contributed by atoms with van der Waals surface area (Å²) >= 11 is 0. The van der Waals surface area contributed by atoms with Crippen molar-refractivity contribution in [3.05, 3.63) is 69.6 Å². The van der Waals surface area contributed by atoms with Crippen LogP contribution in [-0.4, -0.2) is 28.9 Å². The summed E-state index contributed by atoms with van der Waals surface area (Å²) in [5, 5.41) is 0. The van der Waals surface area contributed by atoms with Crippen molar-refractivity contribution in [3.63, 3.8) is 0 Å². The molecule has 7 heteroatoms. The number of aromatic nitrogens is 1. The molecule has 0 saturated carbocycles. The molecule has 144 valence electrons. The number of H-pyrrole nitrogens is 1. The van der Waals surface area contributed by atoms with Crippen molar-refractivity contribution in [2.24, 2.45) is 5.92 Å². The van der Waals surface area contributed by atoms with Crippen LogP contribution in [0.1, 0.15) is 40.7 Å². The largest absolute Gasteiger partial charge is 0.416 e. The molecular weight excluding hydrogens is 357 g/mol. The normalized spacial score (nSPS) is 17.7. The molecule has 1 aliphatic heterocycles. The van der Waals surface area contributed by atoms with Crippen molar-refractivity contribution in [3.8, 4) is 0 Å². The predicted octanol–water partition coefficient (Wildman–Crippen LogP) is 3.88. The lowest BCUT2D eigenvalue weighted by molar-refractivity contribution is -0.137. The number of hydrogen-bond acceptors (Lipinski definition) is 2. The molecule has 27 heavy (non-hydrogen) atoms. The third-order valence-corrected chi connectivity index (χ3v) is 4.93. The van der Waals surface area contributed by atoms with Crippen LogP contribution in [0.25, 0.3) is 0 Å². The average molecular weight is 378 g/mol. The number of benzene rings is 1. The van der Waals surface area contributed by atoms with Gasteiger partial charge in [-0.25, -0.2) is 0 Å². The fourth-order valence-corrected chi connectivity index (χ4v) is 3.49. The second-order valence-electron chi connectivity index (χ2n) is 6.94. The minimum atomic E-state index is -4.33. The van der Waals surface area contributed by atoms with Gasteiger partial charge in [-0.3, -0.25) is 9.59 Å². The van der Waals surface area contributed by atoms with E-state index in [0.717, 1.165) is 25.3 Å². The van der Waals surface area contributed by atoms with E-state index in [4.69, 9.17) is 0 Å². The number of halogens is 3. The van der Waals surface area contributed by atoms with Crippen molar-refractivity contribution in [2.75, 3.05) is 13.1 Å². The summed E-state index contributed by atoms with van der Waals surface area (Å²) in [5.41, 5.74) is 0.213. The highest BCUT2D eigenvalue weighted by molar-refractivity contribution is 5.93. The highest BCUT2D eigenvalue weighted by Crippen LogP contribution is 2.30. The Bertz CT molecular complexity index is 840. The Balaban J connectivity index is 1.59. The van der Waals surface area contributed by atoms with Gasteiger partial charge in [-0.15, -0.1) is 0 Å². The lowest BCUT2D eigenvalue weighted by atomic mass is 9.91. The molecule has 1 N–H and O–H groups in total. The molecule has 2 aromatic rings. The third kappa shape index (κ3) is 4.99. The van der Waals surface area contributed by atoms with E-state index in [0.29, 0.717) is 30.6 Å². The molecule has 1 saturated heterocycles. The highest BCUT2D eigenvalue weighted by Gasteiger charge is 2.30. The van der Waals surface area contributed by atoms with E-state index in [-0.39, 0.29) is 17.4 Å². The van der Waals surface area contributed by atoms with E-state index in [1.54, 1.807) is 11.0 Å². The van der Waals surface area contributed by atoms with Crippen molar-refractivity contribution < 1.29 is 18.0 Å². The number of nitrogens with one attached hydrogen (secondary N) is 1. The van der Waals surface area contributed by atoms with Gasteiger partial charge in [0.15, 0.2) is 0 Å². The van der Waals surface area contributed by atoms with E-state index in [2.05, 4.69) is 4.98 Å². The number of rotatable bonds is 4. The fraction of sp³-hybridized carbons (Fsp3) is 0.400. The standard InChI is InChI=1S/C20H21F3N2O2/c21-20(22,23)17-5-1-3-14(11-17)6-7-15-4-2-10-25(13-15)19(27)16-8-9-18(26)24-12-16/h1,3,5,8-9,11-12,15H,2,4,6-7,10,13H2,(H,24,26).